The zero-order chi connectivity index (χ0) is 17.7. The summed E-state index contributed by atoms with van der Waals surface area (Å²) in [6.45, 7) is 13.5. The fraction of sp³-hybridized carbons (Fsp3) is 0.652. The third-order valence-electron chi connectivity index (χ3n) is 5.18. The minimum Gasteiger partial charge on any atom is -0.461 e. The molecule has 0 fully saturated rings. The minimum absolute atomic E-state index is 0.118. The summed E-state index contributed by atoms with van der Waals surface area (Å²) in [6, 6.07) is 4.72. The monoisotopic (exact) mass is 328 g/mol. The average molecular weight is 329 g/mol. The van der Waals surface area contributed by atoms with E-state index in [-0.39, 0.29) is 5.41 Å². The predicted molar refractivity (Wildman–Crippen MR) is 105 cm³/mol. The molecule has 1 heteroatoms. The molecule has 1 aliphatic heterocycles. The molecule has 0 aromatic heterocycles. The number of fused-ring (bicyclic) bond motifs is 1. The van der Waals surface area contributed by atoms with E-state index in [1.54, 1.807) is 0 Å². The minimum atomic E-state index is 0.118. The number of benzene rings is 1. The van der Waals surface area contributed by atoms with E-state index in [1.807, 2.05) is 0 Å². The number of aryl methyl sites for hydroxylation is 1. The Bertz CT molecular complexity index is 587. The molecule has 0 atom stereocenters. The molecule has 1 heterocycles. The summed E-state index contributed by atoms with van der Waals surface area (Å²) < 4.78 is 6.36. The lowest BCUT2D eigenvalue weighted by Crippen LogP contribution is -2.18. The van der Waals surface area contributed by atoms with Gasteiger partial charge in [-0.05, 0) is 48.3 Å². The molecule has 24 heavy (non-hydrogen) atoms. The molecule has 2 rings (SSSR count). The van der Waals surface area contributed by atoms with Crippen LogP contribution in [0.4, 0.5) is 0 Å². The first kappa shape index (κ1) is 19.1. The van der Waals surface area contributed by atoms with E-state index in [4.69, 9.17) is 4.74 Å². The van der Waals surface area contributed by atoms with Gasteiger partial charge >= 0.3 is 0 Å². The second kappa shape index (κ2) is 8.23. The second-order valence-corrected chi connectivity index (χ2v) is 8.34. The van der Waals surface area contributed by atoms with E-state index in [9.17, 15) is 0 Å². The van der Waals surface area contributed by atoms with Crippen LogP contribution in [-0.4, -0.2) is 0 Å². The number of ether oxygens (including phenoxy) is 1. The molecule has 1 nitrogen and oxygen atoms in total. The van der Waals surface area contributed by atoms with Gasteiger partial charge < -0.3 is 4.74 Å². The summed E-state index contributed by atoms with van der Waals surface area (Å²) in [6.07, 6.45) is 10.0. The van der Waals surface area contributed by atoms with Crippen LogP contribution in [0.2, 0.25) is 0 Å². The molecule has 0 radical (unpaired) electrons. The number of hydrogen-bond donors (Lipinski definition) is 0. The summed E-state index contributed by atoms with van der Waals surface area (Å²) in [5.41, 5.74) is 5.82. The summed E-state index contributed by atoms with van der Waals surface area (Å²) >= 11 is 0. The zero-order valence-corrected chi connectivity index (χ0v) is 16.7. The Morgan fingerprint density at radius 1 is 1.00 bits per heavy atom. The number of rotatable bonds is 7. The predicted octanol–water partition coefficient (Wildman–Crippen LogP) is 7.12. The maximum absolute atomic E-state index is 6.36. The maximum atomic E-state index is 6.36. The Hall–Kier alpha value is -1.24. The number of unbranched alkanes of at least 4 members (excludes halogenated alkanes) is 4. The van der Waals surface area contributed by atoms with Crippen molar-refractivity contribution >= 4 is 0 Å². The van der Waals surface area contributed by atoms with Gasteiger partial charge in [0.15, 0.2) is 0 Å². The highest BCUT2D eigenvalue weighted by Gasteiger charge is 2.26. The van der Waals surface area contributed by atoms with Crippen molar-refractivity contribution in [3.63, 3.8) is 0 Å². The van der Waals surface area contributed by atoms with Crippen LogP contribution < -0.4 is 4.74 Å². The van der Waals surface area contributed by atoms with Gasteiger partial charge in [-0.3, -0.25) is 0 Å². The first-order valence-corrected chi connectivity index (χ1v) is 9.89. The topological polar surface area (TPSA) is 9.23 Å². The van der Waals surface area contributed by atoms with Crippen LogP contribution in [-0.2, 0) is 18.3 Å². The molecule has 1 aromatic rings. The standard InChI is InChI=1S/C23H36O/c1-7-9-10-11-12-13-19-16-20-14-18(8-2)15-21(23(4,5)6)22(20)24-17(19)3/h14-15H,7-13,16H2,1-6H3. The van der Waals surface area contributed by atoms with Crippen molar-refractivity contribution in [3.8, 4) is 5.75 Å². The van der Waals surface area contributed by atoms with E-state index >= 15 is 0 Å². The molecule has 0 amide bonds. The summed E-state index contributed by atoms with van der Waals surface area (Å²) in [7, 11) is 0. The molecule has 0 saturated carbocycles. The summed E-state index contributed by atoms with van der Waals surface area (Å²) in [5, 5.41) is 0. The SMILES string of the molecule is CCCCCCCC1=C(C)Oc2c(cc(CC)cc2C(C)(C)C)C1. The number of hydrogen-bond acceptors (Lipinski definition) is 1. The van der Waals surface area contributed by atoms with Gasteiger partial charge in [0, 0.05) is 12.0 Å². The van der Waals surface area contributed by atoms with Crippen LogP contribution in [0.5, 0.6) is 5.75 Å². The largest absolute Gasteiger partial charge is 0.461 e. The molecule has 134 valence electrons. The Morgan fingerprint density at radius 2 is 1.71 bits per heavy atom. The lowest BCUT2D eigenvalue weighted by atomic mass is 9.82. The van der Waals surface area contributed by atoms with E-state index in [1.165, 1.54) is 60.8 Å². The molecule has 0 N–H and O–H groups in total. The maximum Gasteiger partial charge on any atom is 0.134 e. The fourth-order valence-electron chi connectivity index (χ4n) is 3.55. The molecule has 1 aromatic carbocycles. The molecule has 0 aliphatic carbocycles. The Morgan fingerprint density at radius 3 is 2.33 bits per heavy atom. The third-order valence-corrected chi connectivity index (χ3v) is 5.18. The van der Waals surface area contributed by atoms with Crippen LogP contribution >= 0.6 is 0 Å². The lowest BCUT2D eigenvalue weighted by molar-refractivity contribution is 0.382. The van der Waals surface area contributed by atoms with Crippen molar-refractivity contribution in [2.45, 2.75) is 98.3 Å². The molecule has 0 unspecified atom stereocenters. The summed E-state index contributed by atoms with van der Waals surface area (Å²) in [4.78, 5) is 0. The van der Waals surface area contributed by atoms with Gasteiger partial charge in [-0.2, -0.15) is 0 Å². The molecule has 1 aliphatic rings. The highest BCUT2D eigenvalue weighted by atomic mass is 16.5. The van der Waals surface area contributed by atoms with Crippen LogP contribution in [0.3, 0.4) is 0 Å². The van der Waals surface area contributed by atoms with Crippen LogP contribution in [0.1, 0.15) is 96.8 Å². The molecular formula is C23H36O. The van der Waals surface area contributed by atoms with Gasteiger partial charge in [0.25, 0.3) is 0 Å². The quantitative estimate of drug-likeness (QED) is 0.484. The lowest BCUT2D eigenvalue weighted by Gasteiger charge is -2.30. The van der Waals surface area contributed by atoms with Gasteiger partial charge in [0.05, 0.1) is 0 Å². The number of allylic oxidation sites excluding steroid dienone is 2. The Balaban J connectivity index is 2.18. The molecular weight excluding hydrogens is 292 g/mol. The zero-order valence-electron chi connectivity index (χ0n) is 16.7. The second-order valence-electron chi connectivity index (χ2n) is 8.34. The van der Waals surface area contributed by atoms with Crippen molar-refractivity contribution in [1.82, 2.24) is 0 Å². The van der Waals surface area contributed by atoms with Gasteiger partial charge in [-0.15, -0.1) is 0 Å². The van der Waals surface area contributed by atoms with Gasteiger partial charge in [-0.1, -0.05) is 72.4 Å². The van der Waals surface area contributed by atoms with Gasteiger partial charge in [0.2, 0.25) is 0 Å². The van der Waals surface area contributed by atoms with Crippen LogP contribution in [0, 0.1) is 0 Å². The Kier molecular flexibility index (Phi) is 6.54. The average Bonchev–Trinajstić information content (AvgIpc) is 2.53. The first-order chi connectivity index (χ1) is 11.4. The van der Waals surface area contributed by atoms with E-state index in [0.717, 1.165) is 24.4 Å². The molecule has 0 saturated heterocycles. The summed E-state index contributed by atoms with van der Waals surface area (Å²) in [5.74, 6) is 2.28. The van der Waals surface area contributed by atoms with E-state index in [2.05, 4.69) is 53.7 Å². The van der Waals surface area contributed by atoms with Gasteiger partial charge in [-0.25, -0.2) is 0 Å². The first-order valence-electron chi connectivity index (χ1n) is 9.89. The van der Waals surface area contributed by atoms with Crippen molar-refractivity contribution in [3.05, 3.63) is 40.2 Å². The molecule has 0 bridgehead atoms. The van der Waals surface area contributed by atoms with Crippen LogP contribution in [0.15, 0.2) is 23.5 Å². The van der Waals surface area contributed by atoms with E-state index < -0.39 is 0 Å². The third kappa shape index (κ3) is 4.65. The highest BCUT2D eigenvalue weighted by Crippen LogP contribution is 2.41. The van der Waals surface area contributed by atoms with Crippen molar-refractivity contribution in [1.29, 1.82) is 0 Å². The normalized spacial score (nSPS) is 14.6. The highest BCUT2D eigenvalue weighted by molar-refractivity contribution is 5.52. The van der Waals surface area contributed by atoms with E-state index in [0.29, 0.717) is 0 Å². The van der Waals surface area contributed by atoms with Crippen molar-refractivity contribution in [2.24, 2.45) is 0 Å². The molecule has 0 spiro atoms. The van der Waals surface area contributed by atoms with Crippen molar-refractivity contribution in [2.75, 3.05) is 0 Å². The van der Waals surface area contributed by atoms with Crippen LogP contribution in [0.25, 0.3) is 0 Å². The Labute approximate surface area is 149 Å². The fourth-order valence-corrected chi connectivity index (χ4v) is 3.55. The smallest absolute Gasteiger partial charge is 0.134 e. The van der Waals surface area contributed by atoms with Gasteiger partial charge in [0.1, 0.15) is 11.5 Å². The van der Waals surface area contributed by atoms with Crippen molar-refractivity contribution < 1.29 is 4.74 Å².